The van der Waals surface area contributed by atoms with Gasteiger partial charge in [0, 0.05) is 6.54 Å². The number of alkyl halides is 2. The van der Waals surface area contributed by atoms with E-state index in [0.717, 1.165) is 0 Å². The first-order valence-electron chi connectivity index (χ1n) is 4.99. The van der Waals surface area contributed by atoms with Gasteiger partial charge in [-0.25, -0.2) is 8.78 Å². The molecule has 0 aliphatic heterocycles. The number of hydrogen-bond acceptors (Lipinski definition) is 3. The number of nitrogens with zero attached hydrogens (tertiary/aromatic N) is 1. The van der Waals surface area contributed by atoms with Crippen molar-refractivity contribution in [2.24, 2.45) is 0 Å². The highest BCUT2D eigenvalue weighted by Gasteiger charge is 2.16. The molecule has 1 unspecified atom stereocenters. The van der Waals surface area contributed by atoms with Gasteiger partial charge in [-0.15, -0.1) is 0 Å². The van der Waals surface area contributed by atoms with Gasteiger partial charge >= 0.3 is 0 Å². The normalized spacial score (nSPS) is 15.0. The quantitative estimate of drug-likeness (QED) is 0.741. The van der Waals surface area contributed by atoms with Crippen LogP contribution in [0.4, 0.5) is 8.78 Å². The van der Waals surface area contributed by atoms with Gasteiger partial charge in [-0.2, -0.15) is 0 Å². The third kappa shape index (κ3) is 10.0. The van der Waals surface area contributed by atoms with Gasteiger partial charge in [0.15, 0.2) is 0 Å². The van der Waals surface area contributed by atoms with Gasteiger partial charge in [0.2, 0.25) is 0 Å². The Kier molecular flexibility index (Phi) is 6.24. The molecule has 0 amide bonds. The van der Waals surface area contributed by atoms with Gasteiger partial charge in [0.25, 0.3) is 6.43 Å². The van der Waals surface area contributed by atoms with Crippen LogP contribution in [-0.4, -0.2) is 54.9 Å². The number of aliphatic hydroxyl groups excluding tert-OH is 1. The van der Waals surface area contributed by atoms with E-state index < -0.39 is 12.5 Å². The van der Waals surface area contributed by atoms with Gasteiger partial charge in [-0.3, -0.25) is 4.90 Å². The first-order chi connectivity index (χ1) is 6.70. The van der Waals surface area contributed by atoms with E-state index in [0.29, 0.717) is 0 Å². The lowest BCUT2D eigenvalue weighted by molar-refractivity contribution is -0.0570. The second kappa shape index (κ2) is 6.35. The average Bonchev–Trinajstić information content (AvgIpc) is 1.97. The van der Waals surface area contributed by atoms with Crippen LogP contribution in [-0.2, 0) is 4.74 Å². The highest BCUT2D eigenvalue weighted by molar-refractivity contribution is 4.65. The molecule has 92 valence electrons. The highest BCUT2D eigenvalue weighted by Crippen LogP contribution is 2.07. The SMILES string of the molecule is CN(CC(F)F)CC(O)COC(C)(C)C. The van der Waals surface area contributed by atoms with Gasteiger partial charge in [-0.1, -0.05) is 0 Å². The van der Waals surface area contributed by atoms with Crippen LogP contribution in [0, 0.1) is 0 Å². The molecular weight excluding hydrogens is 204 g/mol. The van der Waals surface area contributed by atoms with Crippen LogP contribution < -0.4 is 0 Å². The Labute approximate surface area is 90.0 Å². The average molecular weight is 225 g/mol. The molecule has 0 aromatic rings. The molecule has 0 rings (SSSR count). The lowest BCUT2D eigenvalue weighted by Gasteiger charge is -2.24. The molecule has 15 heavy (non-hydrogen) atoms. The van der Waals surface area contributed by atoms with E-state index in [-0.39, 0.29) is 25.3 Å². The Hall–Kier alpha value is -0.260. The summed E-state index contributed by atoms with van der Waals surface area (Å²) in [7, 11) is 1.55. The van der Waals surface area contributed by atoms with Crippen molar-refractivity contribution in [1.82, 2.24) is 4.90 Å². The summed E-state index contributed by atoms with van der Waals surface area (Å²) in [5, 5.41) is 9.48. The molecule has 0 aliphatic carbocycles. The molecule has 0 heterocycles. The largest absolute Gasteiger partial charge is 0.389 e. The Morgan fingerprint density at radius 1 is 1.27 bits per heavy atom. The molecule has 0 aromatic carbocycles. The molecule has 0 saturated carbocycles. The second-order valence-electron chi connectivity index (χ2n) is 4.69. The van der Waals surface area contributed by atoms with Gasteiger partial charge in [0.1, 0.15) is 0 Å². The third-order valence-corrected chi connectivity index (χ3v) is 1.68. The zero-order chi connectivity index (χ0) is 12.1. The van der Waals surface area contributed by atoms with Gasteiger partial charge < -0.3 is 9.84 Å². The van der Waals surface area contributed by atoms with Crippen LogP contribution in [0.25, 0.3) is 0 Å². The fraction of sp³-hybridized carbons (Fsp3) is 1.00. The van der Waals surface area contributed by atoms with E-state index >= 15 is 0 Å². The predicted octanol–water partition coefficient (Wildman–Crippen LogP) is 1.36. The molecule has 0 aromatic heterocycles. The summed E-state index contributed by atoms with van der Waals surface area (Å²) < 4.78 is 29.2. The van der Waals surface area contributed by atoms with E-state index in [4.69, 9.17) is 4.74 Å². The van der Waals surface area contributed by atoms with Crippen molar-refractivity contribution in [2.75, 3.05) is 26.7 Å². The maximum Gasteiger partial charge on any atom is 0.251 e. The van der Waals surface area contributed by atoms with Crippen LogP contribution in [0.2, 0.25) is 0 Å². The Balaban J connectivity index is 3.69. The molecule has 0 aliphatic rings. The Morgan fingerprint density at radius 2 is 1.80 bits per heavy atom. The summed E-state index contributed by atoms with van der Waals surface area (Å²) in [6.07, 6.45) is -3.10. The van der Waals surface area contributed by atoms with Crippen molar-refractivity contribution in [3.05, 3.63) is 0 Å². The predicted molar refractivity (Wildman–Crippen MR) is 55.2 cm³/mol. The molecule has 0 saturated heterocycles. The maximum atomic E-state index is 12.0. The first-order valence-corrected chi connectivity index (χ1v) is 4.99. The van der Waals surface area contributed by atoms with Crippen molar-refractivity contribution < 1.29 is 18.6 Å². The molecule has 0 fully saturated rings. The number of rotatable bonds is 6. The summed E-state index contributed by atoms with van der Waals surface area (Å²) in [5.41, 5.74) is -0.317. The van der Waals surface area contributed by atoms with E-state index in [2.05, 4.69) is 0 Å². The molecule has 0 radical (unpaired) electrons. The smallest absolute Gasteiger partial charge is 0.251 e. The standard InChI is InChI=1S/C10H21F2NO2/c1-10(2,3)15-7-8(14)5-13(4)6-9(11)12/h8-9,14H,5-7H2,1-4H3. The van der Waals surface area contributed by atoms with E-state index in [1.807, 2.05) is 20.8 Å². The molecule has 0 bridgehead atoms. The fourth-order valence-corrected chi connectivity index (χ4v) is 1.07. The summed E-state index contributed by atoms with van der Waals surface area (Å²) in [6, 6.07) is 0. The summed E-state index contributed by atoms with van der Waals surface area (Å²) >= 11 is 0. The molecule has 3 nitrogen and oxygen atoms in total. The molecule has 1 N–H and O–H groups in total. The Morgan fingerprint density at radius 3 is 2.20 bits per heavy atom. The zero-order valence-corrected chi connectivity index (χ0v) is 9.83. The summed E-state index contributed by atoms with van der Waals surface area (Å²) in [5.74, 6) is 0. The minimum atomic E-state index is -2.37. The number of halogens is 2. The summed E-state index contributed by atoms with van der Waals surface area (Å²) in [4.78, 5) is 1.39. The van der Waals surface area contributed by atoms with E-state index in [1.165, 1.54) is 4.90 Å². The van der Waals surface area contributed by atoms with Gasteiger partial charge in [0.05, 0.1) is 24.9 Å². The van der Waals surface area contributed by atoms with Crippen molar-refractivity contribution in [3.8, 4) is 0 Å². The number of likely N-dealkylation sites (N-methyl/N-ethyl adjacent to an activating group) is 1. The Bertz CT molecular complexity index is 171. The maximum absolute atomic E-state index is 12.0. The first kappa shape index (κ1) is 14.7. The molecule has 1 atom stereocenters. The lowest BCUT2D eigenvalue weighted by atomic mass is 10.2. The molecule has 5 heteroatoms. The van der Waals surface area contributed by atoms with Crippen LogP contribution in [0.1, 0.15) is 20.8 Å². The number of aliphatic hydroxyl groups is 1. The van der Waals surface area contributed by atoms with Crippen LogP contribution >= 0.6 is 0 Å². The topological polar surface area (TPSA) is 32.7 Å². The minimum Gasteiger partial charge on any atom is -0.389 e. The van der Waals surface area contributed by atoms with Crippen LogP contribution in [0.5, 0.6) is 0 Å². The number of ether oxygens (including phenoxy) is 1. The van der Waals surface area contributed by atoms with Crippen molar-refractivity contribution in [2.45, 2.75) is 38.9 Å². The second-order valence-corrected chi connectivity index (χ2v) is 4.69. The summed E-state index contributed by atoms with van der Waals surface area (Å²) in [6.45, 7) is 5.66. The zero-order valence-electron chi connectivity index (χ0n) is 9.83. The molecular formula is C10H21F2NO2. The van der Waals surface area contributed by atoms with E-state index in [9.17, 15) is 13.9 Å². The van der Waals surface area contributed by atoms with E-state index in [1.54, 1.807) is 7.05 Å². The van der Waals surface area contributed by atoms with Gasteiger partial charge in [-0.05, 0) is 27.8 Å². The van der Waals surface area contributed by atoms with Crippen molar-refractivity contribution in [1.29, 1.82) is 0 Å². The number of hydrogen-bond donors (Lipinski definition) is 1. The minimum absolute atomic E-state index is 0.164. The van der Waals surface area contributed by atoms with Crippen molar-refractivity contribution in [3.63, 3.8) is 0 Å². The fourth-order valence-electron chi connectivity index (χ4n) is 1.07. The third-order valence-electron chi connectivity index (χ3n) is 1.68. The van der Waals surface area contributed by atoms with Crippen LogP contribution in [0.15, 0.2) is 0 Å². The van der Waals surface area contributed by atoms with Crippen molar-refractivity contribution >= 4 is 0 Å². The van der Waals surface area contributed by atoms with Crippen LogP contribution in [0.3, 0.4) is 0 Å². The lowest BCUT2D eigenvalue weighted by Crippen LogP contribution is -2.36. The highest BCUT2D eigenvalue weighted by atomic mass is 19.3. The molecule has 0 spiro atoms. The monoisotopic (exact) mass is 225 g/mol.